The Balaban J connectivity index is 2.31. The largest absolute Gasteiger partial charge is 0.481 e. The molecule has 0 aliphatic carbocycles. The number of hydrogen-bond donors (Lipinski definition) is 2. The fraction of sp³-hybridized carbons (Fsp3) is 0.429. The van der Waals surface area contributed by atoms with Crippen LogP contribution in [0.3, 0.4) is 0 Å². The third-order valence-corrected chi connectivity index (χ3v) is 3.81. The van der Waals surface area contributed by atoms with Gasteiger partial charge in [0.15, 0.2) is 5.58 Å². The monoisotopic (exact) mass is 262 g/mol. The molecule has 0 spiro atoms. The minimum atomic E-state index is -0.965. The molecule has 0 aliphatic heterocycles. The van der Waals surface area contributed by atoms with Crippen molar-refractivity contribution in [3.05, 3.63) is 24.3 Å². The summed E-state index contributed by atoms with van der Waals surface area (Å²) in [7, 11) is 0. The molecule has 0 aliphatic rings. The minimum Gasteiger partial charge on any atom is -0.481 e. The molecule has 0 atom stereocenters. The quantitative estimate of drug-likeness (QED) is 0.885. The Morgan fingerprint density at radius 1 is 1.26 bits per heavy atom. The second-order valence-corrected chi connectivity index (χ2v) is 5.67. The second-order valence-electron chi connectivity index (χ2n) is 5.67. The summed E-state index contributed by atoms with van der Waals surface area (Å²) >= 11 is 0. The number of aliphatic carboxylic acids is 1. The highest BCUT2D eigenvalue weighted by Crippen LogP contribution is 2.34. The topological polar surface area (TPSA) is 75.4 Å². The molecule has 1 aromatic carbocycles. The first-order valence-electron chi connectivity index (χ1n) is 6.11. The fourth-order valence-electron chi connectivity index (χ4n) is 1.62. The van der Waals surface area contributed by atoms with E-state index in [1.165, 1.54) is 0 Å². The highest BCUT2D eigenvalue weighted by atomic mass is 16.4. The van der Waals surface area contributed by atoms with Crippen LogP contribution in [0.25, 0.3) is 11.1 Å². The van der Waals surface area contributed by atoms with E-state index in [-0.39, 0.29) is 0 Å². The second kappa shape index (κ2) is 4.26. The number of anilines is 1. The van der Waals surface area contributed by atoms with Crippen molar-refractivity contribution in [3.8, 4) is 0 Å². The van der Waals surface area contributed by atoms with Gasteiger partial charge in [0.25, 0.3) is 6.01 Å². The number of oxazole rings is 1. The number of hydrogen-bond acceptors (Lipinski definition) is 4. The van der Waals surface area contributed by atoms with Crippen LogP contribution in [0.1, 0.15) is 27.7 Å². The molecule has 0 saturated heterocycles. The van der Waals surface area contributed by atoms with Crippen molar-refractivity contribution in [1.82, 2.24) is 4.98 Å². The molecule has 0 fully saturated rings. The molecule has 1 aromatic heterocycles. The first kappa shape index (κ1) is 13.4. The first-order valence-corrected chi connectivity index (χ1v) is 6.11. The number of benzene rings is 1. The molecular formula is C14H18N2O3. The lowest BCUT2D eigenvalue weighted by atomic mass is 9.74. The van der Waals surface area contributed by atoms with Gasteiger partial charge in [-0.1, -0.05) is 12.1 Å². The predicted octanol–water partition coefficient (Wildman–Crippen LogP) is 3.13. The molecule has 2 aromatic rings. The minimum absolute atomic E-state index is 0.334. The van der Waals surface area contributed by atoms with Crippen molar-refractivity contribution < 1.29 is 14.3 Å². The maximum Gasteiger partial charge on any atom is 0.311 e. The van der Waals surface area contributed by atoms with E-state index in [0.717, 1.165) is 5.52 Å². The van der Waals surface area contributed by atoms with Crippen LogP contribution in [0.5, 0.6) is 0 Å². The first-order chi connectivity index (χ1) is 8.74. The number of fused-ring (bicyclic) bond motifs is 1. The Labute approximate surface area is 111 Å². The van der Waals surface area contributed by atoms with Crippen LogP contribution in [0, 0.1) is 5.41 Å². The number of carboxylic acids is 1. The Kier molecular flexibility index (Phi) is 3.00. The lowest BCUT2D eigenvalue weighted by molar-refractivity contribution is -0.149. The summed E-state index contributed by atoms with van der Waals surface area (Å²) in [5.41, 5.74) is -0.254. The van der Waals surface area contributed by atoms with Gasteiger partial charge >= 0.3 is 5.97 Å². The summed E-state index contributed by atoms with van der Waals surface area (Å²) in [5, 5.41) is 12.4. The Morgan fingerprint density at radius 3 is 2.47 bits per heavy atom. The summed E-state index contributed by atoms with van der Waals surface area (Å²) in [6.45, 7) is 6.97. The van der Waals surface area contributed by atoms with Crippen molar-refractivity contribution in [1.29, 1.82) is 0 Å². The van der Waals surface area contributed by atoms with Crippen LogP contribution < -0.4 is 5.32 Å². The summed E-state index contributed by atoms with van der Waals surface area (Å²) in [4.78, 5) is 15.6. The van der Waals surface area contributed by atoms with Gasteiger partial charge in [0, 0.05) is 0 Å². The molecule has 1 heterocycles. The van der Waals surface area contributed by atoms with Crippen LogP contribution >= 0.6 is 0 Å². The number of nitrogens with zero attached hydrogens (tertiary/aromatic N) is 1. The summed E-state index contributed by atoms with van der Waals surface area (Å²) in [6.07, 6.45) is 0. The highest BCUT2D eigenvalue weighted by Gasteiger charge is 2.44. The molecule has 0 radical (unpaired) electrons. The zero-order chi connectivity index (χ0) is 14.3. The molecule has 0 amide bonds. The number of carboxylic acid groups (broad SMARTS) is 1. The number of carbonyl (C=O) groups is 1. The maximum atomic E-state index is 11.3. The van der Waals surface area contributed by atoms with Gasteiger partial charge < -0.3 is 14.8 Å². The normalized spacial score (nSPS) is 12.6. The molecular weight excluding hydrogens is 244 g/mol. The third kappa shape index (κ3) is 2.28. The number of aromatic nitrogens is 1. The Morgan fingerprint density at radius 2 is 1.89 bits per heavy atom. The maximum absolute atomic E-state index is 11.3. The fourth-order valence-corrected chi connectivity index (χ4v) is 1.62. The average Bonchev–Trinajstić information content (AvgIpc) is 2.69. The molecule has 102 valence electrons. The third-order valence-electron chi connectivity index (χ3n) is 3.81. The Bertz CT molecular complexity index is 581. The summed E-state index contributed by atoms with van der Waals surface area (Å²) in [6, 6.07) is 7.74. The molecule has 0 bridgehead atoms. The smallest absolute Gasteiger partial charge is 0.311 e. The molecule has 0 unspecified atom stereocenters. The van der Waals surface area contributed by atoms with Gasteiger partial charge in [0.2, 0.25) is 0 Å². The molecule has 19 heavy (non-hydrogen) atoms. The lowest BCUT2D eigenvalue weighted by Gasteiger charge is -2.38. The molecule has 2 N–H and O–H groups in total. The number of rotatable bonds is 4. The van der Waals surface area contributed by atoms with E-state index >= 15 is 0 Å². The lowest BCUT2D eigenvalue weighted by Crippen LogP contribution is -2.50. The van der Waals surface area contributed by atoms with Gasteiger partial charge in [-0.2, -0.15) is 4.98 Å². The molecule has 5 nitrogen and oxygen atoms in total. The van der Waals surface area contributed by atoms with E-state index in [0.29, 0.717) is 11.6 Å². The standard InChI is InChI=1S/C14H18N2O3/c1-13(2,11(17)18)14(3,4)16-12-15-9-7-5-6-8-10(9)19-12/h5-8H,1-4H3,(H,15,16)(H,17,18). The van der Waals surface area contributed by atoms with Gasteiger partial charge in [-0.3, -0.25) is 4.79 Å². The highest BCUT2D eigenvalue weighted by molar-refractivity contribution is 5.77. The average molecular weight is 262 g/mol. The van der Waals surface area contributed by atoms with Crippen LogP contribution in [0.4, 0.5) is 6.01 Å². The van der Waals surface area contributed by atoms with E-state index in [1.54, 1.807) is 13.8 Å². The van der Waals surface area contributed by atoms with Crippen LogP contribution in [-0.2, 0) is 4.79 Å². The van der Waals surface area contributed by atoms with Crippen LogP contribution in [0.2, 0.25) is 0 Å². The number of para-hydroxylation sites is 2. The zero-order valence-electron chi connectivity index (χ0n) is 11.5. The van der Waals surface area contributed by atoms with Crippen LogP contribution in [-0.4, -0.2) is 21.6 Å². The van der Waals surface area contributed by atoms with Crippen molar-refractivity contribution in [2.75, 3.05) is 5.32 Å². The van der Waals surface area contributed by atoms with Gasteiger partial charge in [0.1, 0.15) is 5.52 Å². The van der Waals surface area contributed by atoms with Gasteiger partial charge in [-0.25, -0.2) is 0 Å². The SMILES string of the molecule is CC(C)(Nc1nc2ccccc2o1)C(C)(C)C(=O)O. The van der Waals surface area contributed by atoms with E-state index in [1.807, 2.05) is 38.1 Å². The van der Waals surface area contributed by atoms with Crippen molar-refractivity contribution in [2.24, 2.45) is 5.41 Å². The van der Waals surface area contributed by atoms with Crippen LogP contribution in [0.15, 0.2) is 28.7 Å². The van der Waals surface area contributed by atoms with E-state index in [9.17, 15) is 9.90 Å². The van der Waals surface area contributed by atoms with Crippen molar-refractivity contribution in [3.63, 3.8) is 0 Å². The van der Waals surface area contributed by atoms with E-state index < -0.39 is 16.9 Å². The predicted molar refractivity (Wildman–Crippen MR) is 73.1 cm³/mol. The molecule has 5 heteroatoms. The Hall–Kier alpha value is -2.04. The molecule has 2 rings (SSSR count). The zero-order valence-corrected chi connectivity index (χ0v) is 11.5. The molecule has 0 saturated carbocycles. The number of nitrogens with one attached hydrogen (secondary N) is 1. The van der Waals surface area contributed by atoms with Crippen molar-refractivity contribution >= 4 is 23.1 Å². The van der Waals surface area contributed by atoms with Gasteiger partial charge in [-0.05, 0) is 39.8 Å². The summed E-state index contributed by atoms with van der Waals surface area (Å²) < 4.78 is 5.56. The van der Waals surface area contributed by atoms with E-state index in [2.05, 4.69) is 10.3 Å². The van der Waals surface area contributed by atoms with Gasteiger partial charge in [-0.15, -0.1) is 0 Å². The van der Waals surface area contributed by atoms with Gasteiger partial charge in [0.05, 0.1) is 11.0 Å². The van der Waals surface area contributed by atoms with E-state index in [4.69, 9.17) is 4.42 Å². The van der Waals surface area contributed by atoms with Crippen molar-refractivity contribution in [2.45, 2.75) is 33.2 Å². The summed E-state index contributed by atoms with van der Waals surface area (Å²) in [5.74, 6) is -0.874.